The van der Waals surface area contributed by atoms with Crippen molar-refractivity contribution < 1.29 is 79.5 Å². The largest absolute Gasteiger partial charge is 0.504 e. The first-order valence-electron chi connectivity index (χ1n) is 13.8. The van der Waals surface area contributed by atoms with Crippen molar-refractivity contribution in [2.45, 2.75) is 74.4 Å². The van der Waals surface area contributed by atoms with Crippen molar-refractivity contribution in [3.63, 3.8) is 0 Å². The van der Waals surface area contributed by atoms with E-state index in [4.69, 9.17) is 23.7 Å². The van der Waals surface area contributed by atoms with Crippen LogP contribution >= 0.6 is 0 Å². The van der Waals surface area contributed by atoms with Crippen LogP contribution in [0.4, 0.5) is 0 Å². The number of esters is 1. The van der Waals surface area contributed by atoms with Crippen molar-refractivity contribution >= 4 is 12.0 Å². The van der Waals surface area contributed by atoms with E-state index < -0.39 is 104 Å². The van der Waals surface area contributed by atoms with Crippen molar-refractivity contribution in [1.82, 2.24) is 0 Å². The Morgan fingerprint density at radius 2 is 1.49 bits per heavy atom. The van der Waals surface area contributed by atoms with E-state index in [1.54, 1.807) is 0 Å². The summed E-state index contributed by atoms with van der Waals surface area (Å²) in [6.07, 6.45) is -14.9. The second kappa shape index (κ2) is 14.7. The van der Waals surface area contributed by atoms with Crippen molar-refractivity contribution in [2.24, 2.45) is 0 Å². The minimum absolute atomic E-state index is 0.142. The fourth-order valence-corrected chi connectivity index (χ4v) is 4.67. The molecule has 45 heavy (non-hydrogen) atoms. The fraction of sp³-hybridized carbons (Fsp3) is 0.483. The monoisotopic (exact) mass is 640 g/mol. The Morgan fingerprint density at radius 1 is 0.822 bits per heavy atom. The maximum atomic E-state index is 12.4. The van der Waals surface area contributed by atoms with Gasteiger partial charge in [-0.3, -0.25) is 0 Å². The number of hydrogen-bond donors (Lipinski definition) is 10. The third-order valence-electron chi connectivity index (χ3n) is 7.35. The van der Waals surface area contributed by atoms with E-state index in [0.717, 1.165) is 18.2 Å². The maximum Gasteiger partial charge on any atom is 0.330 e. The van der Waals surface area contributed by atoms with Gasteiger partial charge in [-0.1, -0.05) is 12.1 Å². The van der Waals surface area contributed by atoms with Crippen LogP contribution in [-0.4, -0.2) is 132 Å². The van der Waals surface area contributed by atoms with Crippen LogP contribution in [0, 0.1) is 0 Å². The minimum Gasteiger partial charge on any atom is -0.504 e. The van der Waals surface area contributed by atoms with Gasteiger partial charge in [0.2, 0.25) is 0 Å². The standard InChI is InChI=1S/C29H36O16/c1-12-22(36)24(38)25(39)29(43-12)45-27-23(37)20(11-41-21(35)7-3-13-2-5-15(30)17(32)8-13)44-28(26(27)40)42-10-19(34)14-4-6-16(31)18(33)9-14/h2-9,12,19-20,22-34,36-40H,10-11H2,1H3/b7-3+/t12-,19-,20+,22-,23+,24+,25+,26+,27-,28+,29-/m0/s1. The van der Waals surface area contributed by atoms with Crippen LogP contribution in [0.15, 0.2) is 42.5 Å². The van der Waals surface area contributed by atoms with Gasteiger partial charge in [-0.05, 0) is 48.4 Å². The molecule has 0 bridgehead atoms. The summed E-state index contributed by atoms with van der Waals surface area (Å²) in [7, 11) is 0. The summed E-state index contributed by atoms with van der Waals surface area (Å²) in [6.45, 7) is 0.252. The average molecular weight is 641 g/mol. The predicted octanol–water partition coefficient (Wildman–Crippen LogP) is -1.53. The molecule has 0 radical (unpaired) electrons. The van der Waals surface area contributed by atoms with Crippen molar-refractivity contribution in [1.29, 1.82) is 0 Å². The number of carbonyl (C=O) groups excluding carboxylic acids is 1. The van der Waals surface area contributed by atoms with Crippen LogP contribution in [0.25, 0.3) is 6.08 Å². The molecule has 10 N–H and O–H groups in total. The van der Waals surface area contributed by atoms with Gasteiger partial charge in [0.15, 0.2) is 35.6 Å². The molecule has 0 saturated carbocycles. The lowest BCUT2D eigenvalue weighted by molar-refractivity contribution is -0.358. The van der Waals surface area contributed by atoms with Crippen molar-refractivity contribution in [3.05, 3.63) is 53.6 Å². The van der Waals surface area contributed by atoms with Crippen LogP contribution in [0.3, 0.4) is 0 Å². The molecule has 2 aliphatic rings. The summed E-state index contributed by atoms with van der Waals surface area (Å²) in [5, 5.41) is 101. The summed E-state index contributed by atoms with van der Waals surface area (Å²) in [6, 6.07) is 7.39. The molecule has 0 unspecified atom stereocenters. The molecule has 0 spiro atoms. The second-order valence-electron chi connectivity index (χ2n) is 10.6. The van der Waals surface area contributed by atoms with E-state index in [1.165, 1.54) is 37.3 Å². The van der Waals surface area contributed by atoms with Gasteiger partial charge in [-0.2, -0.15) is 0 Å². The summed E-state index contributed by atoms with van der Waals surface area (Å²) in [5.41, 5.74) is 0.497. The number of phenols is 4. The first kappa shape index (κ1) is 34.3. The highest BCUT2D eigenvalue weighted by molar-refractivity contribution is 5.87. The molecule has 2 heterocycles. The molecule has 16 heteroatoms. The predicted molar refractivity (Wildman–Crippen MR) is 148 cm³/mol. The van der Waals surface area contributed by atoms with Gasteiger partial charge >= 0.3 is 5.97 Å². The van der Waals surface area contributed by atoms with Crippen LogP contribution in [0.5, 0.6) is 23.0 Å². The molecule has 11 atom stereocenters. The Morgan fingerprint density at radius 3 is 2.16 bits per heavy atom. The summed E-state index contributed by atoms with van der Waals surface area (Å²) >= 11 is 0. The van der Waals surface area contributed by atoms with E-state index in [0.29, 0.717) is 5.56 Å². The lowest BCUT2D eigenvalue weighted by Gasteiger charge is -2.45. The van der Waals surface area contributed by atoms with Gasteiger partial charge < -0.3 is 74.7 Å². The molecule has 0 aliphatic carbocycles. The number of carbonyl (C=O) groups is 1. The molecule has 2 aliphatic heterocycles. The zero-order valence-corrected chi connectivity index (χ0v) is 23.8. The number of phenolic OH excluding ortho intramolecular Hbond substituents is 4. The Labute approximate surface area is 256 Å². The number of benzene rings is 2. The Hall–Kier alpha value is -3.55. The van der Waals surface area contributed by atoms with Gasteiger partial charge in [0.25, 0.3) is 0 Å². The van der Waals surface area contributed by atoms with Crippen LogP contribution < -0.4 is 0 Å². The lowest BCUT2D eigenvalue weighted by Crippen LogP contribution is -2.64. The fourth-order valence-electron chi connectivity index (χ4n) is 4.67. The van der Waals surface area contributed by atoms with Crippen LogP contribution in [0.1, 0.15) is 24.2 Å². The number of ether oxygens (including phenoxy) is 5. The highest BCUT2D eigenvalue weighted by Gasteiger charge is 2.50. The number of hydrogen-bond acceptors (Lipinski definition) is 16. The maximum absolute atomic E-state index is 12.4. The molecule has 4 rings (SSSR count). The van der Waals surface area contributed by atoms with Crippen LogP contribution in [0.2, 0.25) is 0 Å². The molecule has 248 valence electrons. The molecule has 2 aromatic carbocycles. The topological polar surface area (TPSA) is 266 Å². The third-order valence-corrected chi connectivity index (χ3v) is 7.35. The molecule has 0 aromatic heterocycles. The van der Waals surface area contributed by atoms with Gasteiger partial charge in [0.05, 0.1) is 12.7 Å². The zero-order valence-electron chi connectivity index (χ0n) is 23.8. The first-order chi connectivity index (χ1) is 21.3. The smallest absolute Gasteiger partial charge is 0.330 e. The van der Waals surface area contributed by atoms with E-state index in [1.807, 2.05) is 0 Å². The van der Waals surface area contributed by atoms with Crippen molar-refractivity contribution in [2.75, 3.05) is 13.2 Å². The van der Waals surface area contributed by atoms with E-state index in [-0.39, 0.29) is 11.3 Å². The molecule has 16 nitrogen and oxygen atoms in total. The number of aliphatic hydroxyl groups is 6. The molecule has 2 fully saturated rings. The quantitative estimate of drug-likeness (QED) is 0.0802. The Balaban J connectivity index is 1.47. The van der Waals surface area contributed by atoms with Gasteiger partial charge in [0.1, 0.15) is 55.4 Å². The normalized spacial score (nSPS) is 32.8. The summed E-state index contributed by atoms with van der Waals surface area (Å²) in [4.78, 5) is 12.4. The third kappa shape index (κ3) is 8.19. The van der Waals surface area contributed by atoms with Crippen LogP contribution in [-0.2, 0) is 28.5 Å². The summed E-state index contributed by atoms with van der Waals surface area (Å²) in [5.74, 6) is -2.58. The van der Waals surface area contributed by atoms with E-state index in [2.05, 4.69) is 0 Å². The number of aliphatic hydroxyl groups excluding tert-OH is 6. The SMILES string of the molecule is C[C@@H]1O[C@@H](O[C@@H]2[C@@H](O)[C@H](OC[C@H](O)c3ccc(O)c(O)c3)O[C@H](COC(=O)/C=C/c3ccc(O)c(O)c3)[C@H]2O)[C@H](O)[C@H](O)[C@H]1O. The molecule has 2 saturated heterocycles. The molecular formula is C29H36O16. The number of aromatic hydroxyl groups is 4. The van der Waals surface area contributed by atoms with Gasteiger partial charge in [-0.25, -0.2) is 4.79 Å². The first-order valence-corrected chi connectivity index (χ1v) is 13.8. The number of rotatable bonds is 10. The molecule has 0 amide bonds. The lowest BCUT2D eigenvalue weighted by atomic mass is 9.97. The molecule has 2 aromatic rings. The van der Waals surface area contributed by atoms with Gasteiger partial charge in [0, 0.05) is 6.08 Å². The Kier molecular flexibility index (Phi) is 11.2. The minimum atomic E-state index is -1.80. The van der Waals surface area contributed by atoms with Gasteiger partial charge in [-0.15, -0.1) is 0 Å². The zero-order chi connectivity index (χ0) is 33.0. The molecular weight excluding hydrogens is 604 g/mol. The highest BCUT2D eigenvalue weighted by Crippen LogP contribution is 2.32. The van der Waals surface area contributed by atoms with Crippen molar-refractivity contribution in [3.8, 4) is 23.0 Å². The Bertz CT molecular complexity index is 1340. The average Bonchev–Trinajstić information content (AvgIpc) is 3.01. The second-order valence-corrected chi connectivity index (χ2v) is 10.6. The van der Waals surface area contributed by atoms with E-state index in [9.17, 15) is 55.9 Å². The van der Waals surface area contributed by atoms with E-state index >= 15 is 0 Å². The summed E-state index contributed by atoms with van der Waals surface area (Å²) < 4.78 is 27.4. The highest BCUT2D eigenvalue weighted by atomic mass is 16.7.